The molecule has 4 heteroatoms. The van der Waals surface area contributed by atoms with Crippen LogP contribution in [0, 0.1) is 11.7 Å². The fourth-order valence-electron chi connectivity index (χ4n) is 2.37. The first-order chi connectivity index (χ1) is 8.65. The minimum Gasteiger partial charge on any atom is -0.317 e. The van der Waals surface area contributed by atoms with Gasteiger partial charge in [-0.15, -0.1) is 0 Å². The van der Waals surface area contributed by atoms with Crippen molar-refractivity contribution in [1.29, 1.82) is 0 Å². The van der Waals surface area contributed by atoms with Crippen LogP contribution in [-0.4, -0.2) is 18.9 Å². The second-order valence-corrected chi connectivity index (χ2v) is 5.70. The quantitative estimate of drug-likeness (QED) is 0.925. The molecule has 0 unspecified atom stereocenters. The van der Waals surface area contributed by atoms with Gasteiger partial charge >= 0.3 is 0 Å². The number of benzene rings is 1. The smallest absolute Gasteiger partial charge is 0.137 e. The molecule has 0 bridgehead atoms. The molecule has 1 heterocycles. The summed E-state index contributed by atoms with van der Waals surface area (Å²) in [5, 5.41) is 3.29. The highest BCUT2D eigenvalue weighted by Gasteiger charge is 2.17. The number of piperidine rings is 1. The fourth-order valence-corrected chi connectivity index (χ4v) is 2.76. The molecule has 0 atom stereocenters. The largest absolute Gasteiger partial charge is 0.317 e. The van der Waals surface area contributed by atoms with Crippen LogP contribution in [0.25, 0.3) is 0 Å². The number of hydrogen-bond acceptors (Lipinski definition) is 2. The molecule has 1 aliphatic heterocycles. The van der Waals surface area contributed by atoms with Gasteiger partial charge in [0.1, 0.15) is 11.6 Å². The normalized spacial score (nSPS) is 16.8. The molecular formula is C14H17BrFNO. The van der Waals surface area contributed by atoms with Gasteiger partial charge < -0.3 is 5.32 Å². The molecule has 1 aliphatic rings. The summed E-state index contributed by atoms with van der Waals surface area (Å²) in [5.41, 5.74) is 0.744. The zero-order chi connectivity index (χ0) is 13.0. The first-order valence-electron chi connectivity index (χ1n) is 6.31. The maximum Gasteiger partial charge on any atom is 0.137 e. The standard InChI is InChI=1S/C14H17BrFNO/c15-14-2-1-12(16)8-11(14)9-13(18)7-10-3-5-17-6-4-10/h1-2,8,10,17H,3-7,9H2. The summed E-state index contributed by atoms with van der Waals surface area (Å²) in [5.74, 6) is 0.405. The van der Waals surface area contributed by atoms with Crippen LogP contribution in [-0.2, 0) is 11.2 Å². The minimum absolute atomic E-state index is 0.202. The maximum absolute atomic E-state index is 13.1. The van der Waals surface area contributed by atoms with E-state index in [4.69, 9.17) is 0 Å². The highest BCUT2D eigenvalue weighted by atomic mass is 79.9. The van der Waals surface area contributed by atoms with Crippen molar-refractivity contribution >= 4 is 21.7 Å². The van der Waals surface area contributed by atoms with Crippen molar-refractivity contribution in [3.8, 4) is 0 Å². The average molecular weight is 314 g/mol. The fraction of sp³-hybridized carbons (Fsp3) is 0.500. The summed E-state index contributed by atoms with van der Waals surface area (Å²) in [6, 6.07) is 4.48. The van der Waals surface area contributed by atoms with Crippen molar-refractivity contribution in [1.82, 2.24) is 5.32 Å². The molecule has 1 fully saturated rings. The zero-order valence-corrected chi connectivity index (χ0v) is 11.8. The third kappa shape index (κ3) is 3.89. The Morgan fingerprint density at radius 3 is 2.83 bits per heavy atom. The van der Waals surface area contributed by atoms with Crippen LogP contribution in [0.4, 0.5) is 4.39 Å². The molecule has 1 saturated heterocycles. The molecule has 0 amide bonds. The number of carbonyl (C=O) groups excluding carboxylic acids is 1. The summed E-state index contributed by atoms with van der Waals surface area (Å²) in [6.07, 6.45) is 3.07. The van der Waals surface area contributed by atoms with Gasteiger partial charge in [0.15, 0.2) is 0 Å². The van der Waals surface area contributed by atoms with Gasteiger partial charge in [-0.25, -0.2) is 4.39 Å². The van der Waals surface area contributed by atoms with Gasteiger partial charge in [-0.1, -0.05) is 15.9 Å². The number of nitrogens with one attached hydrogen (secondary N) is 1. The Balaban J connectivity index is 1.92. The van der Waals surface area contributed by atoms with Crippen LogP contribution >= 0.6 is 15.9 Å². The number of carbonyl (C=O) groups is 1. The Hall–Kier alpha value is -0.740. The Morgan fingerprint density at radius 1 is 1.39 bits per heavy atom. The molecule has 0 spiro atoms. The van der Waals surface area contributed by atoms with Crippen molar-refractivity contribution in [3.05, 3.63) is 34.1 Å². The summed E-state index contributed by atoms with van der Waals surface area (Å²) in [4.78, 5) is 12.0. The predicted molar refractivity (Wildman–Crippen MR) is 73.0 cm³/mol. The second kappa shape index (κ2) is 6.43. The van der Waals surface area contributed by atoms with Gasteiger partial charge in [-0.2, -0.15) is 0 Å². The van der Waals surface area contributed by atoms with E-state index < -0.39 is 0 Å². The Bertz CT molecular complexity index is 430. The lowest BCUT2D eigenvalue weighted by molar-refractivity contribution is -0.119. The van der Waals surface area contributed by atoms with Gasteiger partial charge in [0.2, 0.25) is 0 Å². The molecular weight excluding hydrogens is 297 g/mol. The van der Waals surface area contributed by atoms with E-state index in [1.54, 1.807) is 6.07 Å². The number of Topliss-reactive ketones (excluding diaryl/α,β-unsaturated/α-hetero) is 1. The van der Waals surface area contributed by atoms with Crippen LogP contribution in [0.1, 0.15) is 24.8 Å². The summed E-state index contributed by atoms with van der Waals surface area (Å²) in [6.45, 7) is 2.00. The SMILES string of the molecule is O=C(Cc1cc(F)ccc1Br)CC1CCNCC1. The Labute approximate surface area is 115 Å². The van der Waals surface area contributed by atoms with E-state index in [1.807, 2.05) is 0 Å². The van der Waals surface area contributed by atoms with Crippen LogP contribution < -0.4 is 5.32 Å². The zero-order valence-electron chi connectivity index (χ0n) is 10.2. The lowest BCUT2D eigenvalue weighted by Gasteiger charge is -2.21. The average Bonchev–Trinajstić information content (AvgIpc) is 2.35. The molecule has 0 saturated carbocycles. The molecule has 0 aromatic heterocycles. The molecule has 0 aliphatic carbocycles. The summed E-state index contributed by atoms with van der Waals surface area (Å²) in [7, 11) is 0. The van der Waals surface area contributed by atoms with Crippen LogP contribution in [0.2, 0.25) is 0 Å². The highest BCUT2D eigenvalue weighted by Crippen LogP contribution is 2.21. The lowest BCUT2D eigenvalue weighted by atomic mass is 9.91. The molecule has 1 N–H and O–H groups in total. The maximum atomic E-state index is 13.1. The van der Waals surface area contributed by atoms with E-state index in [9.17, 15) is 9.18 Å². The molecule has 1 aromatic rings. The lowest BCUT2D eigenvalue weighted by Crippen LogP contribution is -2.29. The van der Waals surface area contributed by atoms with Crippen molar-refractivity contribution < 1.29 is 9.18 Å². The highest BCUT2D eigenvalue weighted by molar-refractivity contribution is 9.10. The van der Waals surface area contributed by atoms with Crippen LogP contribution in [0.3, 0.4) is 0 Å². The molecule has 18 heavy (non-hydrogen) atoms. The first kappa shape index (κ1) is 13.7. The van der Waals surface area contributed by atoms with Gasteiger partial charge in [-0.3, -0.25) is 4.79 Å². The van der Waals surface area contributed by atoms with Crippen molar-refractivity contribution in [2.24, 2.45) is 5.92 Å². The molecule has 2 nitrogen and oxygen atoms in total. The van der Waals surface area contributed by atoms with Gasteiger partial charge in [0.25, 0.3) is 0 Å². The molecule has 0 radical (unpaired) electrons. The topological polar surface area (TPSA) is 29.1 Å². The predicted octanol–water partition coefficient (Wildman–Crippen LogP) is 3.09. The van der Waals surface area contributed by atoms with E-state index in [1.165, 1.54) is 12.1 Å². The van der Waals surface area contributed by atoms with E-state index in [-0.39, 0.29) is 11.6 Å². The summed E-state index contributed by atoms with van der Waals surface area (Å²) >= 11 is 3.36. The van der Waals surface area contributed by atoms with Crippen molar-refractivity contribution in [3.63, 3.8) is 0 Å². The molecule has 2 rings (SSSR count). The second-order valence-electron chi connectivity index (χ2n) is 4.85. The number of rotatable bonds is 4. The van der Waals surface area contributed by atoms with Crippen LogP contribution in [0.15, 0.2) is 22.7 Å². The third-order valence-corrected chi connectivity index (χ3v) is 4.14. The minimum atomic E-state index is -0.289. The first-order valence-corrected chi connectivity index (χ1v) is 7.11. The van der Waals surface area contributed by atoms with Gasteiger partial charge in [0, 0.05) is 17.3 Å². The van der Waals surface area contributed by atoms with Crippen LogP contribution in [0.5, 0.6) is 0 Å². The third-order valence-electron chi connectivity index (χ3n) is 3.37. The van der Waals surface area contributed by atoms with E-state index in [0.29, 0.717) is 18.8 Å². The van der Waals surface area contributed by atoms with Gasteiger partial charge in [0.05, 0.1) is 0 Å². The van der Waals surface area contributed by atoms with Crippen molar-refractivity contribution in [2.45, 2.75) is 25.7 Å². The van der Waals surface area contributed by atoms with Crippen molar-refractivity contribution in [2.75, 3.05) is 13.1 Å². The van der Waals surface area contributed by atoms with E-state index in [0.717, 1.165) is 36.0 Å². The Kier molecular flexibility index (Phi) is 4.89. The van der Waals surface area contributed by atoms with Gasteiger partial charge in [-0.05, 0) is 55.6 Å². The molecule has 98 valence electrons. The number of hydrogen-bond donors (Lipinski definition) is 1. The Morgan fingerprint density at radius 2 is 2.11 bits per heavy atom. The number of ketones is 1. The van der Waals surface area contributed by atoms with E-state index in [2.05, 4.69) is 21.2 Å². The van der Waals surface area contributed by atoms with E-state index >= 15 is 0 Å². The number of halogens is 2. The molecule has 1 aromatic carbocycles. The monoisotopic (exact) mass is 313 g/mol. The summed E-state index contributed by atoms with van der Waals surface area (Å²) < 4.78 is 13.9.